The van der Waals surface area contributed by atoms with Crippen molar-refractivity contribution >= 4 is 12.1 Å². The highest BCUT2D eigenvalue weighted by Gasteiger charge is 2.37. The van der Waals surface area contributed by atoms with E-state index >= 15 is 0 Å². The summed E-state index contributed by atoms with van der Waals surface area (Å²) in [6.07, 6.45) is 5.14. The Morgan fingerprint density at radius 2 is 1.77 bits per heavy atom. The zero-order chi connectivity index (χ0) is 15.6. The van der Waals surface area contributed by atoms with Gasteiger partial charge in [0.2, 0.25) is 6.41 Å². The lowest BCUT2D eigenvalue weighted by Gasteiger charge is -2.46. The quantitative estimate of drug-likeness (QED) is 0.870. The van der Waals surface area contributed by atoms with Crippen molar-refractivity contribution in [3.05, 3.63) is 29.6 Å². The number of hydrogen-bond acceptors (Lipinski definition) is 3. The third-order valence-electron chi connectivity index (χ3n) is 5.40. The van der Waals surface area contributed by atoms with Gasteiger partial charge < -0.3 is 14.9 Å². The Hall–Kier alpha value is -1.62. The van der Waals surface area contributed by atoms with E-state index in [4.69, 9.17) is 0 Å². The first kappa shape index (κ1) is 15.3. The fraction of sp³-hybridized carbons (Fsp3) is 0.588. The second-order valence-corrected chi connectivity index (χ2v) is 6.54. The van der Waals surface area contributed by atoms with Gasteiger partial charge in [0.1, 0.15) is 0 Å². The summed E-state index contributed by atoms with van der Waals surface area (Å²) in [5.41, 5.74) is 1.28. The van der Waals surface area contributed by atoms with Crippen LogP contribution in [0.4, 0.5) is 10.1 Å². The van der Waals surface area contributed by atoms with Gasteiger partial charge in [0.15, 0.2) is 5.82 Å². The van der Waals surface area contributed by atoms with Crippen LogP contribution in [0.15, 0.2) is 18.2 Å². The number of nitrogens with zero attached hydrogens (tertiary/aromatic N) is 2. The predicted molar refractivity (Wildman–Crippen MR) is 83.1 cm³/mol. The number of aliphatic hydroxyl groups excluding tert-OH is 1. The largest absolute Gasteiger partial charge is 0.392 e. The lowest BCUT2D eigenvalue weighted by Crippen LogP contribution is -2.46. The molecule has 3 rings (SSSR count). The second-order valence-electron chi connectivity index (χ2n) is 6.54. The molecule has 2 fully saturated rings. The smallest absolute Gasteiger partial charge is 0.209 e. The van der Waals surface area contributed by atoms with Gasteiger partial charge in [0, 0.05) is 31.7 Å². The standard InChI is InChI=1S/C17H23FN2O2/c18-16-14(12-21)2-1-3-15(16)20-10-6-17(7-11-20)4-8-19(13-22)9-5-17/h1-3,13,21H,4-12H2. The van der Waals surface area contributed by atoms with E-state index < -0.39 is 0 Å². The van der Waals surface area contributed by atoms with Crippen LogP contribution >= 0.6 is 0 Å². The van der Waals surface area contributed by atoms with E-state index in [1.807, 2.05) is 4.90 Å². The van der Waals surface area contributed by atoms with Crippen LogP contribution in [0, 0.1) is 11.2 Å². The first-order valence-electron chi connectivity index (χ1n) is 8.00. The molecule has 2 aliphatic heterocycles. The Labute approximate surface area is 130 Å². The molecule has 0 saturated carbocycles. The number of hydrogen-bond donors (Lipinski definition) is 1. The SMILES string of the molecule is O=CN1CCC2(CC1)CCN(c1cccc(CO)c1F)CC2. The summed E-state index contributed by atoms with van der Waals surface area (Å²) in [7, 11) is 0. The number of halogens is 1. The molecule has 2 heterocycles. The molecule has 0 aromatic heterocycles. The molecule has 1 aromatic carbocycles. The molecule has 0 atom stereocenters. The van der Waals surface area contributed by atoms with Gasteiger partial charge in [-0.3, -0.25) is 4.79 Å². The summed E-state index contributed by atoms with van der Waals surface area (Å²) in [5.74, 6) is -0.295. The highest BCUT2D eigenvalue weighted by molar-refractivity contribution is 5.51. The molecule has 1 amide bonds. The Bertz CT molecular complexity index is 531. The van der Waals surface area contributed by atoms with Crippen LogP contribution in [-0.4, -0.2) is 42.6 Å². The normalized spacial score (nSPS) is 21.2. The molecule has 1 spiro atoms. The first-order valence-corrected chi connectivity index (χ1v) is 8.00. The van der Waals surface area contributed by atoms with Crippen molar-refractivity contribution in [1.29, 1.82) is 0 Å². The number of amides is 1. The number of aliphatic hydroxyl groups is 1. The monoisotopic (exact) mass is 306 g/mol. The van der Waals surface area contributed by atoms with Crippen molar-refractivity contribution in [1.82, 2.24) is 4.90 Å². The number of rotatable bonds is 3. The number of piperidine rings is 2. The van der Waals surface area contributed by atoms with E-state index in [-0.39, 0.29) is 12.4 Å². The molecule has 120 valence electrons. The molecular formula is C17H23FN2O2. The van der Waals surface area contributed by atoms with Gasteiger partial charge in [-0.2, -0.15) is 0 Å². The maximum atomic E-state index is 14.3. The summed E-state index contributed by atoms with van der Waals surface area (Å²) in [6, 6.07) is 5.22. The molecule has 1 N–H and O–H groups in total. The van der Waals surface area contributed by atoms with E-state index in [2.05, 4.69) is 4.90 Å². The molecule has 2 aliphatic rings. The predicted octanol–water partition coefficient (Wildman–Crippen LogP) is 2.16. The van der Waals surface area contributed by atoms with Crippen molar-refractivity contribution in [2.24, 2.45) is 5.41 Å². The minimum Gasteiger partial charge on any atom is -0.392 e. The molecule has 0 bridgehead atoms. The fourth-order valence-electron chi connectivity index (χ4n) is 3.76. The van der Waals surface area contributed by atoms with Crippen LogP contribution in [-0.2, 0) is 11.4 Å². The first-order chi connectivity index (χ1) is 10.7. The van der Waals surface area contributed by atoms with Crippen LogP contribution in [0.3, 0.4) is 0 Å². The molecule has 22 heavy (non-hydrogen) atoms. The highest BCUT2D eigenvalue weighted by Crippen LogP contribution is 2.42. The minimum atomic E-state index is -0.295. The van der Waals surface area contributed by atoms with Crippen molar-refractivity contribution in [3.63, 3.8) is 0 Å². The van der Waals surface area contributed by atoms with Crippen LogP contribution in [0.5, 0.6) is 0 Å². The summed E-state index contributed by atoms with van der Waals surface area (Å²) in [4.78, 5) is 14.8. The average Bonchev–Trinajstić information content (AvgIpc) is 2.57. The minimum absolute atomic E-state index is 0.265. The molecule has 0 unspecified atom stereocenters. The number of carbonyl (C=O) groups excluding carboxylic acids is 1. The molecule has 2 saturated heterocycles. The Kier molecular flexibility index (Phi) is 4.34. The van der Waals surface area contributed by atoms with Crippen molar-refractivity contribution in [2.75, 3.05) is 31.1 Å². The van der Waals surface area contributed by atoms with Gasteiger partial charge in [-0.1, -0.05) is 12.1 Å². The molecule has 0 aliphatic carbocycles. The Morgan fingerprint density at radius 1 is 1.14 bits per heavy atom. The third-order valence-corrected chi connectivity index (χ3v) is 5.40. The van der Waals surface area contributed by atoms with Crippen LogP contribution in [0.25, 0.3) is 0 Å². The van der Waals surface area contributed by atoms with Gasteiger partial charge in [0.25, 0.3) is 0 Å². The maximum Gasteiger partial charge on any atom is 0.209 e. The van der Waals surface area contributed by atoms with Gasteiger partial charge in [-0.25, -0.2) is 4.39 Å². The molecule has 4 nitrogen and oxygen atoms in total. The summed E-state index contributed by atoms with van der Waals surface area (Å²) >= 11 is 0. The summed E-state index contributed by atoms with van der Waals surface area (Å²) in [6.45, 7) is 3.11. The highest BCUT2D eigenvalue weighted by atomic mass is 19.1. The van der Waals surface area contributed by atoms with Crippen LogP contribution in [0.2, 0.25) is 0 Å². The van der Waals surface area contributed by atoms with Gasteiger partial charge >= 0.3 is 0 Å². The number of benzene rings is 1. The van der Waals surface area contributed by atoms with Gasteiger partial charge in [0.05, 0.1) is 12.3 Å². The van der Waals surface area contributed by atoms with Crippen LogP contribution in [0.1, 0.15) is 31.2 Å². The van der Waals surface area contributed by atoms with Gasteiger partial charge in [-0.15, -0.1) is 0 Å². The number of likely N-dealkylation sites (tertiary alicyclic amines) is 1. The Morgan fingerprint density at radius 3 is 2.36 bits per heavy atom. The van der Waals surface area contributed by atoms with E-state index in [9.17, 15) is 14.3 Å². The van der Waals surface area contributed by atoms with Crippen molar-refractivity contribution < 1.29 is 14.3 Å². The maximum absolute atomic E-state index is 14.3. The molecular weight excluding hydrogens is 283 g/mol. The summed E-state index contributed by atoms with van der Waals surface area (Å²) < 4.78 is 14.3. The van der Waals surface area contributed by atoms with Gasteiger partial charge in [-0.05, 0) is 37.2 Å². The lowest BCUT2D eigenvalue weighted by atomic mass is 9.71. The molecule has 5 heteroatoms. The van der Waals surface area contributed by atoms with E-state index in [1.54, 1.807) is 18.2 Å². The van der Waals surface area contributed by atoms with E-state index in [1.165, 1.54) is 0 Å². The zero-order valence-corrected chi connectivity index (χ0v) is 12.8. The third kappa shape index (κ3) is 2.82. The fourth-order valence-corrected chi connectivity index (χ4v) is 3.76. The van der Waals surface area contributed by atoms with E-state index in [0.29, 0.717) is 16.7 Å². The second kappa shape index (κ2) is 6.24. The van der Waals surface area contributed by atoms with Crippen molar-refractivity contribution in [3.8, 4) is 0 Å². The summed E-state index contributed by atoms with van der Waals surface area (Å²) in [5, 5.41) is 9.20. The van der Waals surface area contributed by atoms with E-state index in [0.717, 1.165) is 58.3 Å². The molecule has 1 aromatic rings. The number of carbonyl (C=O) groups is 1. The zero-order valence-electron chi connectivity index (χ0n) is 12.8. The topological polar surface area (TPSA) is 43.8 Å². The number of anilines is 1. The average molecular weight is 306 g/mol. The van der Waals surface area contributed by atoms with Crippen molar-refractivity contribution in [2.45, 2.75) is 32.3 Å². The lowest BCUT2D eigenvalue weighted by molar-refractivity contribution is -0.120. The Balaban J connectivity index is 1.66. The molecule has 0 radical (unpaired) electrons. The van der Waals surface area contributed by atoms with Crippen LogP contribution < -0.4 is 4.90 Å².